The zero-order valence-corrected chi connectivity index (χ0v) is 14.0. The van der Waals surface area contributed by atoms with Crippen molar-refractivity contribution >= 4 is 40.5 Å². The molecular weight excluding hydrogens is 417 g/mol. The van der Waals surface area contributed by atoms with E-state index in [9.17, 15) is 0 Å². The summed E-state index contributed by atoms with van der Waals surface area (Å²) in [5.74, 6) is 0. The minimum Gasteiger partial charge on any atom is -0.645 e. The van der Waals surface area contributed by atoms with Crippen LogP contribution >= 0.6 is 27.5 Å². The molecule has 0 amide bonds. The van der Waals surface area contributed by atoms with Crippen LogP contribution in [0.4, 0.5) is 0 Å². The Morgan fingerprint density at radius 2 is 1.54 bits per heavy atom. The smallest absolute Gasteiger partial charge is 0.126 e. The number of rotatable bonds is 4. The van der Waals surface area contributed by atoms with Crippen molar-refractivity contribution in [3.05, 3.63) is 0 Å². The number of carbonyl (C=O) groups excluding carboxylic acids is 2. The summed E-state index contributed by atoms with van der Waals surface area (Å²) in [5, 5.41) is 0. The predicted octanol–water partition coefficient (Wildman–Crippen LogP) is 1.32. The molecule has 8 heteroatoms. The summed E-state index contributed by atoms with van der Waals surface area (Å²) in [5.41, 5.74) is 0.233. The summed E-state index contributed by atoms with van der Waals surface area (Å²) in [6.07, 6.45) is 0. The average molecular weight is 425 g/mol. The fraction of sp³-hybridized carbons (Fsp3) is 0.600. The zero-order chi connectivity index (χ0) is 8.24. The molecule has 0 saturated heterocycles. The molecule has 0 saturated carbocycles. The number of halogens is 2. The number of hydrogen-bond acceptors (Lipinski definition) is 4. The standard InChI is InChI=1S/C2H2BrO2.C2H2ClO2.CH4.2Y/c2*3-1-5-2-4;;;/h2*1H2;1H4;;/q2*-1;;;. The van der Waals surface area contributed by atoms with Gasteiger partial charge in [0.05, 0.1) is 0 Å². The molecule has 74 valence electrons. The van der Waals surface area contributed by atoms with Crippen LogP contribution in [0.2, 0.25) is 0 Å². The zero-order valence-electron chi connectivity index (χ0n) is 5.96. The maximum Gasteiger partial charge on any atom is 0.126 e. The van der Waals surface area contributed by atoms with Gasteiger partial charge in [-0.15, -0.1) is 0 Å². The van der Waals surface area contributed by atoms with Crippen LogP contribution in [0, 0.1) is 0 Å². The van der Waals surface area contributed by atoms with Gasteiger partial charge in [0.2, 0.25) is 0 Å². The van der Waals surface area contributed by atoms with E-state index in [-0.39, 0.29) is 84.4 Å². The Balaban J connectivity index is -0.0000000267. The second-order valence-electron chi connectivity index (χ2n) is 0.674. The van der Waals surface area contributed by atoms with Crippen molar-refractivity contribution in [2.45, 2.75) is 7.43 Å². The van der Waals surface area contributed by atoms with Crippen molar-refractivity contribution in [1.82, 2.24) is 0 Å². The first-order chi connectivity index (χ1) is 4.83. The van der Waals surface area contributed by atoms with Gasteiger partial charge in [0.15, 0.2) is 0 Å². The SMILES string of the molecule is C.O=[C-]OCBr.O=[C-]OCCl.[Y].[Y]. The van der Waals surface area contributed by atoms with Crippen molar-refractivity contribution in [3.63, 3.8) is 0 Å². The van der Waals surface area contributed by atoms with E-state index in [4.69, 9.17) is 21.2 Å². The molecule has 4 nitrogen and oxygen atoms in total. The van der Waals surface area contributed by atoms with E-state index in [0.29, 0.717) is 0 Å². The second kappa shape index (κ2) is 37.0. The molecule has 2 radical (unpaired) electrons. The molecule has 13 heavy (non-hydrogen) atoms. The van der Waals surface area contributed by atoms with E-state index in [0.717, 1.165) is 6.47 Å². The van der Waals surface area contributed by atoms with E-state index in [1.54, 1.807) is 0 Å². The second-order valence-corrected chi connectivity index (χ2v) is 1.35. The fourth-order valence-corrected chi connectivity index (χ4v) is 0.183. The topological polar surface area (TPSA) is 52.6 Å². The number of alkyl halides is 2. The van der Waals surface area contributed by atoms with Crippen LogP contribution in [-0.2, 0) is 84.5 Å². The summed E-state index contributed by atoms with van der Waals surface area (Å²) in [4.78, 5) is 18.0. The van der Waals surface area contributed by atoms with Gasteiger partial charge in [0.1, 0.15) is 11.6 Å². The van der Waals surface area contributed by atoms with Crippen LogP contribution in [0.3, 0.4) is 0 Å². The molecule has 0 aliphatic heterocycles. The molecule has 0 fully saturated rings. The first-order valence-corrected chi connectivity index (χ1v) is 3.58. The minimum absolute atomic E-state index is 0. The van der Waals surface area contributed by atoms with Gasteiger partial charge in [-0.3, -0.25) is 0 Å². The Labute approximate surface area is 142 Å². The van der Waals surface area contributed by atoms with Crippen molar-refractivity contribution in [3.8, 4) is 0 Å². The van der Waals surface area contributed by atoms with Gasteiger partial charge in [0, 0.05) is 65.4 Å². The van der Waals surface area contributed by atoms with Gasteiger partial charge < -0.3 is 19.1 Å². The Morgan fingerprint density at radius 3 is 1.54 bits per heavy atom. The van der Waals surface area contributed by atoms with Gasteiger partial charge in [-0.1, -0.05) is 47.9 Å². The van der Waals surface area contributed by atoms with Crippen molar-refractivity contribution in [2.24, 2.45) is 0 Å². The average Bonchev–Trinajstić information content (AvgIpc) is 1.93. The molecule has 0 aromatic rings. The van der Waals surface area contributed by atoms with Crippen LogP contribution < -0.4 is 0 Å². The van der Waals surface area contributed by atoms with Crippen molar-refractivity contribution in [1.29, 1.82) is 0 Å². The molecule has 0 rings (SSSR count). The molecule has 0 N–H and O–H groups in total. The largest absolute Gasteiger partial charge is 0.645 e. The summed E-state index contributed by atoms with van der Waals surface area (Å²) in [7, 11) is 0. The summed E-state index contributed by atoms with van der Waals surface area (Å²) in [6.45, 7) is 2.36. The predicted molar refractivity (Wildman–Crippen MR) is 44.8 cm³/mol. The first kappa shape index (κ1) is 29.4. The van der Waals surface area contributed by atoms with Crippen LogP contribution in [0.1, 0.15) is 7.43 Å². The normalized spacial score (nSPS) is 5.08. The van der Waals surface area contributed by atoms with Crippen molar-refractivity contribution < 1.29 is 84.5 Å². The molecule has 0 unspecified atom stereocenters. The minimum atomic E-state index is -0.108. The number of ether oxygens (including phenoxy) is 2. The molecule has 0 atom stereocenters. The van der Waals surface area contributed by atoms with E-state index in [1.807, 2.05) is 0 Å². The molecule has 0 aromatic heterocycles. The molecular formula is C5H8BrClO4Y2-2. The summed E-state index contributed by atoms with van der Waals surface area (Å²) < 4.78 is 7.74. The van der Waals surface area contributed by atoms with Crippen LogP contribution in [0.5, 0.6) is 0 Å². The first-order valence-electron chi connectivity index (χ1n) is 1.93. The van der Waals surface area contributed by atoms with Gasteiger partial charge in [-0.05, 0) is 0 Å². The third-order valence-corrected chi connectivity index (χ3v) is 0.565. The molecule has 0 bridgehead atoms. The maximum atomic E-state index is 9.03. The fourth-order valence-electron chi connectivity index (χ4n) is 0.0445. The van der Waals surface area contributed by atoms with E-state index in [1.165, 1.54) is 6.47 Å². The Bertz CT molecular complexity index is 78.9. The maximum absolute atomic E-state index is 9.03. The third-order valence-electron chi connectivity index (χ3n) is 0.227. The molecule has 0 aliphatic rings. The van der Waals surface area contributed by atoms with Crippen LogP contribution in [0.15, 0.2) is 0 Å². The van der Waals surface area contributed by atoms with Crippen LogP contribution in [-0.4, -0.2) is 24.5 Å². The molecule has 0 spiro atoms. The number of hydrogen-bond donors (Lipinski definition) is 0. The summed E-state index contributed by atoms with van der Waals surface area (Å²) >= 11 is 7.64. The van der Waals surface area contributed by atoms with E-state index in [2.05, 4.69) is 25.4 Å². The Kier molecular flexibility index (Phi) is 83.7. The van der Waals surface area contributed by atoms with Gasteiger partial charge in [-0.2, -0.15) is 0 Å². The summed E-state index contributed by atoms with van der Waals surface area (Å²) in [6, 6.07) is -0.108. The van der Waals surface area contributed by atoms with E-state index < -0.39 is 0 Å². The molecule has 0 aromatic carbocycles. The monoisotopic (exact) mass is 424 g/mol. The third kappa shape index (κ3) is 56.4. The van der Waals surface area contributed by atoms with Gasteiger partial charge in [-0.25, -0.2) is 0 Å². The Morgan fingerprint density at radius 1 is 1.15 bits per heavy atom. The molecule has 0 heterocycles. The van der Waals surface area contributed by atoms with Gasteiger partial charge >= 0.3 is 0 Å². The molecule has 0 aliphatic carbocycles. The van der Waals surface area contributed by atoms with Gasteiger partial charge in [0.25, 0.3) is 0 Å². The van der Waals surface area contributed by atoms with Crippen molar-refractivity contribution in [2.75, 3.05) is 11.6 Å². The Hall–Kier alpha value is 1.92. The van der Waals surface area contributed by atoms with E-state index >= 15 is 0 Å². The van der Waals surface area contributed by atoms with Crippen LogP contribution in [0.25, 0.3) is 0 Å². The quantitative estimate of drug-likeness (QED) is 0.504.